The summed E-state index contributed by atoms with van der Waals surface area (Å²) in [6.07, 6.45) is 0. The molecule has 0 fully saturated rings. The first-order valence-electron chi connectivity index (χ1n) is 7.57. The fraction of sp³-hybridized carbons (Fsp3) is 0.286. The second-order valence-electron chi connectivity index (χ2n) is 3.61. The molecule has 0 aliphatic carbocycles. The topological polar surface area (TPSA) is 0 Å². The molecular formula is C14H16. The third kappa shape index (κ3) is 1.22. The van der Waals surface area contributed by atoms with Gasteiger partial charge in [-0.25, -0.2) is 0 Å². The first kappa shape index (κ1) is 4.48. The van der Waals surface area contributed by atoms with Crippen molar-refractivity contribution in [2.75, 3.05) is 0 Å². The van der Waals surface area contributed by atoms with Crippen LogP contribution in [-0.2, 0) is 0 Å². The first-order valence-corrected chi connectivity index (χ1v) is 4.57. The van der Waals surface area contributed by atoms with E-state index in [1.54, 1.807) is 38.1 Å². The lowest BCUT2D eigenvalue weighted by atomic mass is 9.95. The Kier molecular flexibility index (Phi) is 1.00. The van der Waals surface area contributed by atoms with Gasteiger partial charge in [0.1, 0.15) is 0 Å². The van der Waals surface area contributed by atoms with Crippen LogP contribution >= 0.6 is 0 Å². The van der Waals surface area contributed by atoms with Gasteiger partial charge in [0.15, 0.2) is 0 Å². The van der Waals surface area contributed by atoms with Crippen LogP contribution in [0.5, 0.6) is 0 Å². The van der Waals surface area contributed by atoms with Crippen LogP contribution in [0.3, 0.4) is 0 Å². The third-order valence-electron chi connectivity index (χ3n) is 2.62. The van der Waals surface area contributed by atoms with Crippen molar-refractivity contribution in [1.82, 2.24) is 0 Å². The molecule has 0 aliphatic heterocycles. The summed E-state index contributed by atoms with van der Waals surface area (Å²) in [6.45, 7) is -1.05. The highest BCUT2D eigenvalue weighted by Gasteiger charge is 2.03. The lowest BCUT2D eigenvalue weighted by Gasteiger charge is -2.09. The van der Waals surface area contributed by atoms with E-state index in [0.29, 0.717) is 21.9 Å². The highest BCUT2D eigenvalue weighted by Crippen LogP contribution is 2.25. The van der Waals surface area contributed by atoms with Crippen LogP contribution in [0.15, 0.2) is 24.3 Å². The van der Waals surface area contributed by atoms with E-state index in [-0.39, 0.29) is 11.1 Å². The zero-order valence-electron chi connectivity index (χ0n) is 14.3. The van der Waals surface area contributed by atoms with Gasteiger partial charge in [0.25, 0.3) is 0 Å². The summed E-state index contributed by atoms with van der Waals surface area (Å²) in [5.41, 5.74) is 1.77. The molecule has 2 rings (SSSR count). The summed E-state index contributed by atoms with van der Waals surface area (Å²) >= 11 is 0. The van der Waals surface area contributed by atoms with E-state index in [1.165, 1.54) is 0 Å². The molecular weight excluding hydrogens is 168 g/mol. The average Bonchev–Trinajstić information content (AvgIpc) is 2.25. The molecule has 0 saturated carbocycles. The second kappa shape index (κ2) is 3.13. The molecule has 72 valence electrons. The van der Waals surface area contributed by atoms with E-state index in [4.69, 9.17) is 8.22 Å². The maximum atomic E-state index is 7.67. The Bertz CT molecular complexity index is 605. The molecule has 0 heteroatoms. The Hall–Kier alpha value is -1.30. The molecule has 0 atom stereocenters. The van der Waals surface area contributed by atoms with Crippen molar-refractivity contribution in [3.05, 3.63) is 46.5 Å². The van der Waals surface area contributed by atoms with Crippen molar-refractivity contribution in [2.24, 2.45) is 0 Å². The van der Waals surface area contributed by atoms with Crippen molar-refractivity contribution in [2.45, 2.75) is 27.6 Å². The lowest BCUT2D eigenvalue weighted by molar-refractivity contribution is 1.34. The van der Waals surface area contributed by atoms with E-state index < -0.39 is 13.7 Å². The predicted octanol–water partition coefficient (Wildman–Crippen LogP) is 4.07. The van der Waals surface area contributed by atoms with Crippen LogP contribution in [0.2, 0.25) is 0 Å². The number of hydrogen-bond donors (Lipinski definition) is 0. The molecule has 0 radical (unpaired) electrons. The largest absolute Gasteiger partial charge is 0.0584 e. The molecule has 0 aliphatic rings. The Morgan fingerprint density at radius 3 is 1.57 bits per heavy atom. The van der Waals surface area contributed by atoms with E-state index in [2.05, 4.69) is 0 Å². The molecule has 0 aromatic heterocycles. The summed E-state index contributed by atoms with van der Waals surface area (Å²) in [5.74, 6) is 0. The maximum absolute atomic E-state index is 7.67. The minimum Gasteiger partial charge on any atom is -0.0584 e. The molecule has 2 aromatic carbocycles. The smallest absolute Gasteiger partial charge is 0.0280 e. The van der Waals surface area contributed by atoms with Crippen LogP contribution in [0.1, 0.15) is 30.5 Å². The van der Waals surface area contributed by atoms with Gasteiger partial charge in [-0.2, -0.15) is 0 Å². The summed E-state index contributed by atoms with van der Waals surface area (Å²) < 4.78 is 46.0. The predicted molar refractivity (Wildman–Crippen MR) is 62.9 cm³/mol. The number of aryl methyl sites for hydroxylation is 4. The van der Waals surface area contributed by atoms with Crippen LogP contribution in [0.4, 0.5) is 0 Å². The van der Waals surface area contributed by atoms with E-state index in [1.807, 2.05) is 0 Å². The molecule has 0 nitrogen and oxygen atoms in total. The van der Waals surface area contributed by atoms with E-state index in [9.17, 15) is 0 Å². The second-order valence-corrected chi connectivity index (χ2v) is 3.61. The molecule has 0 heterocycles. The van der Waals surface area contributed by atoms with Gasteiger partial charge in [-0.15, -0.1) is 0 Å². The van der Waals surface area contributed by atoms with Crippen molar-refractivity contribution in [3.63, 3.8) is 0 Å². The van der Waals surface area contributed by atoms with Crippen LogP contribution in [-0.4, -0.2) is 0 Å². The molecule has 0 saturated heterocycles. The normalized spacial score (nSPS) is 19.0. The molecule has 0 spiro atoms. The maximum Gasteiger partial charge on any atom is 0.0280 e. The number of hydrogen-bond acceptors (Lipinski definition) is 0. The van der Waals surface area contributed by atoms with Crippen molar-refractivity contribution in [3.8, 4) is 0 Å². The van der Waals surface area contributed by atoms with Gasteiger partial charge >= 0.3 is 0 Å². The zero-order valence-corrected chi connectivity index (χ0v) is 8.31. The van der Waals surface area contributed by atoms with Gasteiger partial charge in [0.2, 0.25) is 0 Å². The monoisotopic (exact) mass is 190 g/mol. The highest BCUT2D eigenvalue weighted by molar-refractivity contribution is 5.90. The standard InChI is InChI=1S/C14H16/c1-9-5-7-14-12(4)10(2)6-8-13(14)11(9)3/h5-8H,1-4H3/i3D3,4D3. The molecule has 0 bridgehead atoms. The van der Waals surface area contributed by atoms with Gasteiger partial charge in [-0.3, -0.25) is 0 Å². The van der Waals surface area contributed by atoms with Crippen LogP contribution < -0.4 is 0 Å². The van der Waals surface area contributed by atoms with Crippen molar-refractivity contribution >= 4 is 10.8 Å². The molecule has 0 amide bonds. The first-order chi connectivity index (χ1) is 9.03. The van der Waals surface area contributed by atoms with Gasteiger partial charge < -0.3 is 0 Å². The van der Waals surface area contributed by atoms with Crippen molar-refractivity contribution < 1.29 is 8.22 Å². The minimum atomic E-state index is -2.26. The Labute approximate surface area is 94.0 Å². The summed E-state index contributed by atoms with van der Waals surface area (Å²) in [5, 5.41) is 1.00. The quantitative estimate of drug-likeness (QED) is 0.587. The Morgan fingerprint density at radius 2 is 1.21 bits per heavy atom. The fourth-order valence-electron chi connectivity index (χ4n) is 1.62. The Balaban J connectivity index is 2.97. The van der Waals surface area contributed by atoms with Gasteiger partial charge in [-0.05, 0) is 60.6 Å². The summed E-state index contributed by atoms with van der Waals surface area (Å²) in [4.78, 5) is 0. The molecule has 14 heavy (non-hydrogen) atoms. The lowest BCUT2D eigenvalue weighted by Crippen LogP contribution is -1.88. The van der Waals surface area contributed by atoms with Gasteiger partial charge in [-0.1, -0.05) is 24.3 Å². The van der Waals surface area contributed by atoms with Crippen LogP contribution in [0, 0.1) is 27.6 Å². The van der Waals surface area contributed by atoms with Gasteiger partial charge in [0, 0.05) is 8.22 Å². The number of benzene rings is 2. The molecule has 0 unspecified atom stereocenters. The van der Waals surface area contributed by atoms with E-state index >= 15 is 0 Å². The average molecular weight is 190 g/mol. The van der Waals surface area contributed by atoms with Crippen LogP contribution in [0.25, 0.3) is 10.8 Å². The minimum absolute atomic E-state index is 0.237. The summed E-state index contributed by atoms with van der Waals surface area (Å²) in [6, 6.07) is 6.76. The Morgan fingerprint density at radius 1 is 0.786 bits per heavy atom. The molecule has 0 N–H and O–H groups in total. The number of rotatable bonds is 0. The zero-order chi connectivity index (χ0) is 15.3. The number of fused-ring (bicyclic) bond motifs is 1. The molecule has 2 aromatic rings. The third-order valence-corrected chi connectivity index (χ3v) is 2.62. The van der Waals surface area contributed by atoms with Crippen molar-refractivity contribution in [1.29, 1.82) is 0 Å². The fourth-order valence-corrected chi connectivity index (χ4v) is 1.62. The van der Waals surface area contributed by atoms with Gasteiger partial charge in [0.05, 0.1) is 0 Å². The summed E-state index contributed by atoms with van der Waals surface area (Å²) in [7, 11) is 0. The van der Waals surface area contributed by atoms with E-state index in [0.717, 1.165) is 0 Å². The SMILES string of the molecule is [2H]C([2H])([2H])c1c(C)ccc2c(C([2H])([2H])[2H])c(C)ccc12. The highest BCUT2D eigenvalue weighted by atomic mass is 14.1.